The van der Waals surface area contributed by atoms with Crippen molar-refractivity contribution in [2.75, 3.05) is 12.4 Å². The van der Waals surface area contributed by atoms with Crippen molar-refractivity contribution in [3.05, 3.63) is 108 Å². The molecule has 1 N–H and O–H groups in total. The number of ether oxygens (including phenoxy) is 2. The van der Waals surface area contributed by atoms with Crippen LogP contribution < -0.4 is 14.8 Å². The summed E-state index contributed by atoms with van der Waals surface area (Å²) >= 11 is 0. The van der Waals surface area contributed by atoms with Crippen LogP contribution in [-0.2, 0) is 31.2 Å². The molecule has 0 aliphatic heterocycles. The molecule has 0 fully saturated rings. The van der Waals surface area contributed by atoms with Gasteiger partial charge in [0, 0.05) is 25.2 Å². The number of carbonyl (C=O) groups excluding carboxylic acids is 1. The lowest BCUT2D eigenvalue weighted by molar-refractivity contribution is -0.122. The van der Waals surface area contributed by atoms with Gasteiger partial charge in [0.1, 0.15) is 17.3 Å². The molecule has 0 bridgehead atoms. The molecule has 0 radical (unpaired) electrons. The molecule has 1 unspecified atom stereocenters. The highest BCUT2D eigenvalue weighted by Crippen LogP contribution is 2.25. The lowest BCUT2D eigenvalue weighted by Gasteiger charge is -2.17. The summed E-state index contributed by atoms with van der Waals surface area (Å²) in [5.74, 6) is 2.93. The van der Waals surface area contributed by atoms with Gasteiger partial charge in [0.15, 0.2) is 11.9 Å². The Morgan fingerprint density at radius 3 is 2.29 bits per heavy atom. The maximum atomic E-state index is 12.8. The summed E-state index contributed by atoms with van der Waals surface area (Å²) in [6.07, 6.45) is 4.83. The molecule has 0 spiro atoms. The van der Waals surface area contributed by atoms with Crippen molar-refractivity contribution in [1.82, 2.24) is 24.5 Å². The van der Waals surface area contributed by atoms with Crippen LogP contribution in [0.25, 0.3) is 11.4 Å². The SMILES string of the molecule is CCC(Oc1ccc(-c2nnc(CCc3ccc(OC)cc3)n2Cc2ccccc2)cc1)C(=O)Nc1cnn(C)c1. The van der Waals surface area contributed by atoms with Crippen LogP contribution in [0.15, 0.2) is 91.3 Å². The van der Waals surface area contributed by atoms with E-state index in [-0.39, 0.29) is 5.91 Å². The van der Waals surface area contributed by atoms with E-state index in [0.29, 0.717) is 24.4 Å². The van der Waals surface area contributed by atoms with E-state index in [1.54, 1.807) is 31.2 Å². The number of hydrogen-bond donors (Lipinski definition) is 1. The first kappa shape index (κ1) is 27.6. The first-order valence-corrected chi connectivity index (χ1v) is 13.7. The average molecular weight is 551 g/mol. The molecule has 9 heteroatoms. The van der Waals surface area contributed by atoms with Crippen LogP contribution in [0.2, 0.25) is 0 Å². The van der Waals surface area contributed by atoms with Crippen LogP contribution in [0, 0.1) is 0 Å². The van der Waals surface area contributed by atoms with Gasteiger partial charge in [-0.15, -0.1) is 10.2 Å². The van der Waals surface area contributed by atoms with Crippen molar-refractivity contribution in [3.8, 4) is 22.9 Å². The highest BCUT2D eigenvalue weighted by atomic mass is 16.5. The molecular weight excluding hydrogens is 516 g/mol. The number of aryl methyl sites for hydroxylation is 3. The number of nitrogens with one attached hydrogen (secondary N) is 1. The van der Waals surface area contributed by atoms with Gasteiger partial charge in [-0.2, -0.15) is 5.10 Å². The molecule has 5 aromatic rings. The van der Waals surface area contributed by atoms with Crippen LogP contribution in [0.3, 0.4) is 0 Å². The lowest BCUT2D eigenvalue weighted by atomic mass is 10.1. The maximum Gasteiger partial charge on any atom is 0.265 e. The van der Waals surface area contributed by atoms with E-state index in [1.807, 2.05) is 61.5 Å². The summed E-state index contributed by atoms with van der Waals surface area (Å²) in [6.45, 7) is 2.58. The van der Waals surface area contributed by atoms with E-state index in [1.165, 1.54) is 11.1 Å². The monoisotopic (exact) mass is 550 g/mol. The predicted molar refractivity (Wildman–Crippen MR) is 158 cm³/mol. The summed E-state index contributed by atoms with van der Waals surface area (Å²) in [4.78, 5) is 12.8. The van der Waals surface area contributed by atoms with Gasteiger partial charge in [-0.1, -0.05) is 49.4 Å². The number of methoxy groups -OCH3 is 1. The second-order valence-electron chi connectivity index (χ2n) is 9.79. The average Bonchev–Trinajstić information content (AvgIpc) is 3.60. The number of benzene rings is 3. The molecule has 2 aromatic heterocycles. The molecule has 0 saturated heterocycles. The molecule has 0 aliphatic carbocycles. The van der Waals surface area contributed by atoms with Gasteiger partial charge in [0.25, 0.3) is 5.91 Å². The summed E-state index contributed by atoms with van der Waals surface area (Å²) < 4.78 is 15.1. The second kappa shape index (κ2) is 13.0. The van der Waals surface area contributed by atoms with E-state index in [0.717, 1.165) is 35.8 Å². The number of nitrogens with zero attached hydrogens (tertiary/aromatic N) is 5. The minimum Gasteiger partial charge on any atom is -0.497 e. The minimum atomic E-state index is -0.632. The Bertz CT molecular complexity index is 1560. The largest absolute Gasteiger partial charge is 0.497 e. The summed E-state index contributed by atoms with van der Waals surface area (Å²) in [5.41, 5.74) is 3.94. The Morgan fingerprint density at radius 2 is 1.63 bits per heavy atom. The first-order valence-electron chi connectivity index (χ1n) is 13.7. The topological polar surface area (TPSA) is 96.1 Å². The molecular formula is C32H34N6O3. The third kappa shape index (κ3) is 7.00. The maximum absolute atomic E-state index is 12.8. The van der Waals surface area contributed by atoms with Crippen molar-refractivity contribution in [3.63, 3.8) is 0 Å². The molecule has 3 aromatic carbocycles. The summed E-state index contributed by atoms with van der Waals surface area (Å²) in [7, 11) is 3.47. The Balaban J connectivity index is 1.33. The zero-order chi connectivity index (χ0) is 28.6. The summed E-state index contributed by atoms with van der Waals surface area (Å²) in [5, 5.41) is 16.1. The van der Waals surface area contributed by atoms with Crippen molar-refractivity contribution >= 4 is 11.6 Å². The van der Waals surface area contributed by atoms with E-state index < -0.39 is 6.10 Å². The lowest BCUT2D eigenvalue weighted by Crippen LogP contribution is -2.32. The van der Waals surface area contributed by atoms with Crippen molar-refractivity contribution in [1.29, 1.82) is 0 Å². The van der Waals surface area contributed by atoms with Gasteiger partial charge in [-0.05, 0) is 60.4 Å². The fraction of sp³-hybridized carbons (Fsp3) is 0.250. The number of aromatic nitrogens is 5. The Morgan fingerprint density at radius 1 is 0.902 bits per heavy atom. The highest BCUT2D eigenvalue weighted by Gasteiger charge is 2.20. The van der Waals surface area contributed by atoms with Crippen LogP contribution in [-0.4, -0.2) is 43.7 Å². The fourth-order valence-corrected chi connectivity index (χ4v) is 4.59. The number of hydrogen-bond acceptors (Lipinski definition) is 6. The highest BCUT2D eigenvalue weighted by molar-refractivity contribution is 5.94. The van der Waals surface area contributed by atoms with Gasteiger partial charge in [0.2, 0.25) is 0 Å². The van der Waals surface area contributed by atoms with E-state index in [4.69, 9.17) is 9.47 Å². The van der Waals surface area contributed by atoms with E-state index >= 15 is 0 Å². The van der Waals surface area contributed by atoms with Gasteiger partial charge in [-0.3, -0.25) is 9.48 Å². The molecule has 5 rings (SSSR count). The number of amides is 1. The standard InChI is InChI=1S/C32H34N6O3/c1-4-29(32(39)34-26-20-33-37(2)22-26)41-28-17-13-25(14-18-28)31-36-35-30(38(31)21-24-8-6-5-7-9-24)19-12-23-10-15-27(40-3)16-11-23/h5-11,13-18,20,22,29H,4,12,19,21H2,1-3H3,(H,34,39). The normalized spacial score (nSPS) is 11.7. The zero-order valence-electron chi connectivity index (χ0n) is 23.5. The molecule has 210 valence electrons. The molecule has 0 aliphatic rings. The number of carbonyl (C=O) groups is 1. The predicted octanol–water partition coefficient (Wildman–Crippen LogP) is 5.32. The zero-order valence-corrected chi connectivity index (χ0v) is 23.5. The van der Waals surface area contributed by atoms with E-state index in [2.05, 4.69) is 49.4 Å². The van der Waals surface area contributed by atoms with Crippen molar-refractivity contribution in [2.24, 2.45) is 7.05 Å². The van der Waals surface area contributed by atoms with Crippen LogP contribution in [0.4, 0.5) is 5.69 Å². The van der Waals surface area contributed by atoms with E-state index in [9.17, 15) is 4.79 Å². The Labute approximate surface area is 239 Å². The summed E-state index contributed by atoms with van der Waals surface area (Å²) in [6, 6.07) is 26.1. The number of rotatable bonds is 12. The molecule has 2 heterocycles. The fourth-order valence-electron chi connectivity index (χ4n) is 4.59. The van der Waals surface area contributed by atoms with Crippen LogP contribution >= 0.6 is 0 Å². The van der Waals surface area contributed by atoms with Crippen molar-refractivity contribution in [2.45, 2.75) is 38.8 Å². The quantitative estimate of drug-likeness (QED) is 0.226. The van der Waals surface area contributed by atoms with Gasteiger partial charge >= 0.3 is 0 Å². The van der Waals surface area contributed by atoms with Gasteiger partial charge in [-0.25, -0.2) is 0 Å². The van der Waals surface area contributed by atoms with Gasteiger partial charge < -0.3 is 19.4 Å². The second-order valence-corrected chi connectivity index (χ2v) is 9.79. The minimum absolute atomic E-state index is 0.214. The third-order valence-corrected chi connectivity index (χ3v) is 6.83. The molecule has 0 saturated carbocycles. The van der Waals surface area contributed by atoms with Crippen LogP contribution in [0.1, 0.15) is 30.3 Å². The van der Waals surface area contributed by atoms with Crippen LogP contribution in [0.5, 0.6) is 11.5 Å². The smallest absolute Gasteiger partial charge is 0.265 e. The molecule has 9 nitrogen and oxygen atoms in total. The number of anilines is 1. The molecule has 41 heavy (non-hydrogen) atoms. The Kier molecular flexibility index (Phi) is 8.73. The molecule has 1 atom stereocenters. The van der Waals surface area contributed by atoms with Crippen molar-refractivity contribution < 1.29 is 14.3 Å². The Hall–Kier alpha value is -4.92. The molecule has 1 amide bonds. The van der Waals surface area contributed by atoms with Gasteiger partial charge in [0.05, 0.1) is 25.5 Å². The first-order chi connectivity index (χ1) is 20.0. The third-order valence-electron chi connectivity index (χ3n) is 6.83.